The van der Waals surface area contributed by atoms with Gasteiger partial charge in [-0.25, -0.2) is 0 Å². The monoisotopic (exact) mass is 251 g/mol. The lowest BCUT2D eigenvalue weighted by molar-refractivity contribution is 0.0751. The van der Waals surface area contributed by atoms with Crippen LogP contribution >= 0.6 is 0 Å². The Morgan fingerprint density at radius 1 is 1.39 bits per heavy atom. The fourth-order valence-corrected chi connectivity index (χ4v) is 2.71. The summed E-state index contributed by atoms with van der Waals surface area (Å²) in [6.07, 6.45) is 4.73. The Morgan fingerprint density at radius 2 is 2.22 bits per heavy atom. The molecule has 0 amide bonds. The van der Waals surface area contributed by atoms with Crippen LogP contribution in [0.5, 0.6) is 0 Å². The van der Waals surface area contributed by atoms with Crippen molar-refractivity contribution in [3.8, 4) is 0 Å². The maximum Gasteiger partial charge on any atom is 0.243 e. The molecule has 3 atom stereocenters. The summed E-state index contributed by atoms with van der Waals surface area (Å²) in [5.41, 5.74) is 0. The Morgan fingerprint density at radius 3 is 2.89 bits per heavy atom. The van der Waals surface area contributed by atoms with Crippen molar-refractivity contribution in [1.29, 1.82) is 0 Å². The topological polar surface area (TPSA) is 60.2 Å². The van der Waals surface area contributed by atoms with Gasteiger partial charge in [-0.2, -0.15) is 4.98 Å². The van der Waals surface area contributed by atoms with Gasteiger partial charge in [0.1, 0.15) is 6.10 Å². The highest BCUT2D eigenvalue weighted by atomic mass is 16.5. The molecule has 18 heavy (non-hydrogen) atoms. The highest BCUT2D eigenvalue weighted by Crippen LogP contribution is 2.42. The fraction of sp³-hybridized carbons (Fsp3) is 0.846. The highest BCUT2D eigenvalue weighted by molar-refractivity contribution is 5.01. The van der Waals surface area contributed by atoms with E-state index < -0.39 is 0 Å². The van der Waals surface area contributed by atoms with Crippen LogP contribution in [0.1, 0.15) is 56.5 Å². The summed E-state index contributed by atoms with van der Waals surface area (Å²) in [6, 6.07) is 0.215. The normalized spacial score (nSPS) is 30.3. The first-order valence-corrected chi connectivity index (χ1v) is 6.87. The smallest absolute Gasteiger partial charge is 0.243 e. The van der Waals surface area contributed by atoms with Crippen molar-refractivity contribution in [2.45, 2.75) is 44.8 Å². The quantitative estimate of drug-likeness (QED) is 0.889. The molecule has 2 aliphatic rings. The zero-order valence-corrected chi connectivity index (χ0v) is 11.1. The second kappa shape index (κ2) is 4.97. The van der Waals surface area contributed by atoms with Crippen LogP contribution in [0, 0.1) is 11.8 Å². The van der Waals surface area contributed by atoms with Gasteiger partial charge in [0.15, 0.2) is 0 Å². The maximum atomic E-state index is 5.48. The van der Waals surface area contributed by atoms with Gasteiger partial charge in [0, 0.05) is 7.11 Å². The molecule has 5 nitrogen and oxygen atoms in total. The molecule has 1 saturated carbocycles. The molecule has 2 fully saturated rings. The molecule has 1 aliphatic heterocycles. The SMILES string of the molecule is COC(c1noc(C2CC(C)CCN2)n1)C1CC1. The van der Waals surface area contributed by atoms with E-state index in [1.165, 1.54) is 19.3 Å². The first kappa shape index (κ1) is 12.1. The number of hydrogen-bond acceptors (Lipinski definition) is 5. The lowest BCUT2D eigenvalue weighted by atomic mass is 9.94. The van der Waals surface area contributed by atoms with Gasteiger partial charge in [0.05, 0.1) is 6.04 Å². The van der Waals surface area contributed by atoms with E-state index in [0.29, 0.717) is 11.8 Å². The van der Waals surface area contributed by atoms with Crippen LogP contribution in [0.2, 0.25) is 0 Å². The van der Waals surface area contributed by atoms with Crippen molar-refractivity contribution in [2.75, 3.05) is 13.7 Å². The highest BCUT2D eigenvalue weighted by Gasteiger charge is 2.36. The molecule has 1 aromatic rings. The Hall–Kier alpha value is -0.940. The molecule has 2 heterocycles. The fourth-order valence-electron chi connectivity index (χ4n) is 2.71. The third-order valence-electron chi connectivity index (χ3n) is 3.98. The molecule has 1 N–H and O–H groups in total. The summed E-state index contributed by atoms with van der Waals surface area (Å²) in [4.78, 5) is 4.54. The van der Waals surface area contributed by atoms with Crippen LogP contribution in [0.15, 0.2) is 4.52 Å². The number of methoxy groups -OCH3 is 1. The van der Waals surface area contributed by atoms with Crippen LogP contribution in [-0.2, 0) is 4.74 Å². The lowest BCUT2D eigenvalue weighted by Crippen LogP contribution is -2.31. The van der Waals surface area contributed by atoms with Crippen molar-refractivity contribution in [3.63, 3.8) is 0 Å². The van der Waals surface area contributed by atoms with Gasteiger partial charge in [-0.1, -0.05) is 12.1 Å². The number of hydrogen-bond donors (Lipinski definition) is 1. The summed E-state index contributed by atoms with van der Waals surface area (Å²) in [7, 11) is 1.72. The van der Waals surface area contributed by atoms with Crippen LogP contribution in [0.3, 0.4) is 0 Å². The van der Waals surface area contributed by atoms with E-state index in [4.69, 9.17) is 9.26 Å². The van der Waals surface area contributed by atoms with E-state index in [2.05, 4.69) is 22.4 Å². The number of piperidine rings is 1. The lowest BCUT2D eigenvalue weighted by Gasteiger charge is -2.25. The minimum absolute atomic E-state index is 0.0171. The molecule has 0 aromatic carbocycles. The second-order valence-electron chi connectivity index (χ2n) is 5.62. The maximum absolute atomic E-state index is 5.48. The molecule has 0 spiro atoms. The molecule has 3 rings (SSSR count). The molecule has 100 valence electrons. The third-order valence-corrected chi connectivity index (χ3v) is 3.98. The molecular formula is C13H21N3O2. The van der Waals surface area contributed by atoms with Crippen molar-refractivity contribution in [2.24, 2.45) is 11.8 Å². The molecular weight excluding hydrogens is 230 g/mol. The number of nitrogens with zero attached hydrogens (tertiary/aromatic N) is 2. The van der Waals surface area contributed by atoms with Gasteiger partial charge in [-0.05, 0) is 44.1 Å². The van der Waals surface area contributed by atoms with Crippen molar-refractivity contribution < 1.29 is 9.26 Å². The summed E-state index contributed by atoms with van der Waals surface area (Å²) < 4.78 is 10.9. The number of nitrogens with one attached hydrogen (secondary N) is 1. The van der Waals surface area contributed by atoms with E-state index in [1.54, 1.807) is 7.11 Å². The van der Waals surface area contributed by atoms with Crippen molar-refractivity contribution >= 4 is 0 Å². The van der Waals surface area contributed by atoms with Crippen molar-refractivity contribution in [3.05, 3.63) is 11.7 Å². The standard InChI is InChI=1S/C13H21N3O2/c1-8-5-6-14-10(7-8)13-15-12(16-18-13)11(17-2)9-3-4-9/h8-11,14H,3-7H2,1-2H3. The largest absolute Gasteiger partial charge is 0.373 e. The predicted octanol–water partition coefficient (Wildman–Crippen LogP) is 2.23. The van der Waals surface area contributed by atoms with Gasteiger partial charge >= 0.3 is 0 Å². The van der Waals surface area contributed by atoms with E-state index in [-0.39, 0.29) is 12.1 Å². The minimum atomic E-state index is 0.0171. The van der Waals surface area contributed by atoms with Gasteiger partial charge in [0.25, 0.3) is 0 Å². The van der Waals surface area contributed by atoms with E-state index >= 15 is 0 Å². The first-order chi connectivity index (χ1) is 8.78. The average molecular weight is 251 g/mol. The molecule has 1 aliphatic carbocycles. The van der Waals surface area contributed by atoms with Crippen LogP contribution in [0.25, 0.3) is 0 Å². The zero-order chi connectivity index (χ0) is 12.5. The van der Waals surface area contributed by atoms with Crippen LogP contribution in [0.4, 0.5) is 0 Å². The molecule has 1 aromatic heterocycles. The van der Waals surface area contributed by atoms with E-state index in [1.807, 2.05) is 0 Å². The summed E-state index contributed by atoms with van der Waals surface area (Å²) >= 11 is 0. The Kier molecular flexibility index (Phi) is 3.35. The summed E-state index contributed by atoms with van der Waals surface area (Å²) in [5.74, 6) is 2.74. The molecule has 1 saturated heterocycles. The Labute approximate surface area is 107 Å². The van der Waals surface area contributed by atoms with Crippen molar-refractivity contribution in [1.82, 2.24) is 15.5 Å². The van der Waals surface area contributed by atoms with Gasteiger partial charge < -0.3 is 14.6 Å². The summed E-state index contributed by atoms with van der Waals surface area (Å²) in [6.45, 7) is 3.30. The van der Waals surface area contributed by atoms with E-state index in [0.717, 1.165) is 24.7 Å². The van der Waals surface area contributed by atoms with Crippen LogP contribution in [-0.4, -0.2) is 23.8 Å². The summed E-state index contributed by atoms with van der Waals surface area (Å²) in [5, 5.41) is 7.54. The first-order valence-electron chi connectivity index (χ1n) is 6.87. The van der Waals surface area contributed by atoms with Gasteiger partial charge in [-0.15, -0.1) is 0 Å². The molecule has 0 bridgehead atoms. The minimum Gasteiger partial charge on any atom is -0.373 e. The Balaban J connectivity index is 1.71. The zero-order valence-electron chi connectivity index (χ0n) is 11.1. The third kappa shape index (κ3) is 2.42. The van der Waals surface area contributed by atoms with Gasteiger partial charge in [0.2, 0.25) is 11.7 Å². The Bertz CT molecular complexity index is 403. The molecule has 3 unspecified atom stereocenters. The number of aromatic nitrogens is 2. The molecule has 0 radical (unpaired) electrons. The van der Waals surface area contributed by atoms with Crippen LogP contribution < -0.4 is 5.32 Å². The van der Waals surface area contributed by atoms with E-state index in [9.17, 15) is 0 Å². The average Bonchev–Trinajstić information content (AvgIpc) is 3.07. The number of rotatable bonds is 4. The second-order valence-corrected chi connectivity index (χ2v) is 5.62. The van der Waals surface area contributed by atoms with Gasteiger partial charge in [-0.3, -0.25) is 0 Å². The molecule has 5 heteroatoms. The number of ether oxygens (including phenoxy) is 1. The predicted molar refractivity (Wildman–Crippen MR) is 65.9 cm³/mol.